The van der Waals surface area contributed by atoms with Gasteiger partial charge in [-0.15, -0.1) is 0 Å². The molecule has 1 aromatic carbocycles. The molecule has 0 aliphatic heterocycles. The van der Waals surface area contributed by atoms with Crippen molar-refractivity contribution in [3.05, 3.63) is 29.8 Å². The zero-order valence-corrected chi connectivity index (χ0v) is 16.5. The number of hydrogen-bond donors (Lipinski definition) is 2. The van der Waals surface area contributed by atoms with E-state index in [1.165, 1.54) is 23.1 Å². The molecule has 0 bridgehead atoms. The minimum absolute atomic E-state index is 0.00384. The highest BCUT2D eigenvalue weighted by molar-refractivity contribution is 7.89. The van der Waals surface area contributed by atoms with E-state index in [4.69, 9.17) is 0 Å². The zero-order valence-electron chi connectivity index (χ0n) is 15.7. The number of sulfonamides is 1. The number of amides is 1. The second-order valence-electron chi connectivity index (χ2n) is 6.72. The van der Waals surface area contributed by atoms with Crippen LogP contribution in [0.5, 0.6) is 0 Å². The average molecular weight is 384 g/mol. The molecule has 0 spiro atoms. The fourth-order valence-corrected chi connectivity index (χ4v) is 3.90. The molecular formula is C18H28N2O5S. The lowest BCUT2D eigenvalue weighted by atomic mass is 10.1. The minimum Gasteiger partial charge on any atom is -0.480 e. The van der Waals surface area contributed by atoms with Crippen molar-refractivity contribution in [1.82, 2.24) is 9.62 Å². The fourth-order valence-electron chi connectivity index (χ4n) is 2.50. The highest BCUT2D eigenvalue weighted by Gasteiger charge is 2.29. The number of carbonyl (C=O) groups is 2. The van der Waals surface area contributed by atoms with Gasteiger partial charge in [0.05, 0.1) is 10.5 Å². The molecular weight excluding hydrogens is 356 g/mol. The second-order valence-corrected chi connectivity index (χ2v) is 8.40. The third-order valence-electron chi connectivity index (χ3n) is 3.90. The van der Waals surface area contributed by atoms with Gasteiger partial charge in [0.2, 0.25) is 10.0 Å². The first-order valence-corrected chi connectivity index (χ1v) is 10.2. The van der Waals surface area contributed by atoms with E-state index < -0.39 is 27.9 Å². The molecule has 1 atom stereocenters. The average Bonchev–Trinajstić information content (AvgIpc) is 2.57. The zero-order chi connectivity index (χ0) is 19.9. The molecule has 0 aromatic heterocycles. The van der Waals surface area contributed by atoms with Crippen LogP contribution in [0, 0.1) is 5.92 Å². The molecule has 1 rings (SSSR count). The summed E-state index contributed by atoms with van der Waals surface area (Å²) in [6, 6.07) is 4.61. The van der Waals surface area contributed by atoms with Gasteiger partial charge in [0, 0.05) is 13.6 Å². The molecule has 0 unspecified atom stereocenters. The Morgan fingerprint density at radius 1 is 1.23 bits per heavy atom. The summed E-state index contributed by atoms with van der Waals surface area (Å²) >= 11 is 0. The maximum atomic E-state index is 12.7. The Morgan fingerprint density at radius 2 is 1.85 bits per heavy atom. The third kappa shape index (κ3) is 6.10. The predicted molar refractivity (Wildman–Crippen MR) is 99.5 cm³/mol. The first kappa shape index (κ1) is 22.1. The van der Waals surface area contributed by atoms with Crippen LogP contribution >= 0.6 is 0 Å². The Labute approximate surface area is 155 Å². The lowest BCUT2D eigenvalue weighted by Gasteiger charge is -2.20. The maximum Gasteiger partial charge on any atom is 0.321 e. The van der Waals surface area contributed by atoms with E-state index in [-0.39, 0.29) is 22.8 Å². The summed E-state index contributed by atoms with van der Waals surface area (Å²) in [5.74, 6) is -1.66. The van der Waals surface area contributed by atoms with Crippen LogP contribution in [0.25, 0.3) is 0 Å². The van der Waals surface area contributed by atoms with Gasteiger partial charge in [-0.1, -0.05) is 39.3 Å². The van der Waals surface area contributed by atoms with Crippen molar-refractivity contribution in [2.75, 3.05) is 13.6 Å². The van der Waals surface area contributed by atoms with Gasteiger partial charge in [0.25, 0.3) is 5.91 Å². The van der Waals surface area contributed by atoms with Crippen molar-refractivity contribution < 1.29 is 23.1 Å². The van der Waals surface area contributed by atoms with Gasteiger partial charge in [-0.25, -0.2) is 8.42 Å². The molecule has 2 N–H and O–H groups in total. The summed E-state index contributed by atoms with van der Waals surface area (Å²) < 4.78 is 27.7. The molecule has 0 saturated carbocycles. The molecule has 8 heteroatoms. The number of aliphatic carboxylic acids is 1. The number of hydrogen-bond acceptors (Lipinski definition) is 4. The molecule has 0 heterocycles. The number of benzene rings is 1. The van der Waals surface area contributed by atoms with Crippen LogP contribution in [-0.2, 0) is 14.8 Å². The molecule has 1 amide bonds. The minimum atomic E-state index is -4.16. The van der Waals surface area contributed by atoms with Crippen LogP contribution < -0.4 is 4.72 Å². The van der Waals surface area contributed by atoms with Crippen LogP contribution in [0.15, 0.2) is 29.2 Å². The van der Waals surface area contributed by atoms with E-state index in [0.29, 0.717) is 6.54 Å². The Hall–Kier alpha value is -1.93. The molecule has 0 aliphatic carbocycles. The van der Waals surface area contributed by atoms with E-state index in [0.717, 1.165) is 12.8 Å². The normalized spacial score (nSPS) is 12.8. The van der Waals surface area contributed by atoms with Crippen molar-refractivity contribution in [1.29, 1.82) is 0 Å². The fraction of sp³-hybridized carbons (Fsp3) is 0.556. The summed E-state index contributed by atoms with van der Waals surface area (Å²) in [4.78, 5) is 25.3. The van der Waals surface area contributed by atoms with Crippen LogP contribution in [0.4, 0.5) is 0 Å². The maximum absolute atomic E-state index is 12.7. The number of nitrogens with one attached hydrogen (secondary N) is 1. The van der Waals surface area contributed by atoms with E-state index in [1.807, 2.05) is 20.8 Å². The van der Waals surface area contributed by atoms with Gasteiger partial charge in [-0.05, 0) is 30.9 Å². The highest BCUT2D eigenvalue weighted by atomic mass is 32.2. The standard InChI is InChI=1S/C18H28N2O5S/c1-5-6-11-20(4)17(21)14-9-7-8-10-16(14)26(24,25)19-15(18(22)23)12-13(2)3/h7-10,13,15,19H,5-6,11-12H2,1-4H3,(H,22,23)/t15-/m0/s1. The van der Waals surface area contributed by atoms with Gasteiger partial charge in [0.15, 0.2) is 0 Å². The van der Waals surface area contributed by atoms with E-state index >= 15 is 0 Å². The van der Waals surface area contributed by atoms with Gasteiger partial charge in [0.1, 0.15) is 6.04 Å². The van der Waals surface area contributed by atoms with E-state index in [2.05, 4.69) is 4.72 Å². The molecule has 26 heavy (non-hydrogen) atoms. The Bertz CT molecular complexity index is 731. The Morgan fingerprint density at radius 3 is 2.38 bits per heavy atom. The molecule has 0 saturated heterocycles. The molecule has 7 nitrogen and oxygen atoms in total. The topological polar surface area (TPSA) is 104 Å². The molecule has 0 aliphatic rings. The van der Waals surface area contributed by atoms with E-state index in [9.17, 15) is 23.1 Å². The number of carbonyl (C=O) groups excluding carboxylic acids is 1. The number of nitrogens with zero attached hydrogens (tertiary/aromatic N) is 1. The highest BCUT2D eigenvalue weighted by Crippen LogP contribution is 2.19. The van der Waals surface area contributed by atoms with Gasteiger partial charge in [-0.2, -0.15) is 4.72 Å². The lowest BCUT2D eigenvalue weighted by molar-refractivity contribution is -0.139. The van der Waals surface area contributed by atoms with Crippen molar-refractivity contribution >= 4 is 21.9 Å². The Balaban J connectivity index is 3.17. The smallest absolute Gasteiger partial charge is 0.321 e. The quantitative estimate of drug-likeness (QED) is 0.644. The van der Waals surface area contributed by atoms with Crippen molar-refractivity contribution in [3.8, 4) is 0 Å². The largest absolute Gasteiger partial charge is 0.480 e. The molecule has 0 fully saturated rings. The molecule has 0 radical (unpaired) electrons. The molecule has 1 aromatic rings. The summed E-state index contributed by atoms with van der Waals surface area (Å²) in [5.41, 5.74) is 0.0345. The Kier molecular flexibility index (Phi) is 8.23. The monoisotopic (exact) mass is 384 g/mol. The van der Waals surface area contributed by atoms with Crippen molar-refractivity contribution in [2.45, 2.75) is 51.0 Å². The van der Waals surface area contributed by atoms with Gasteiger partial charge >= 0.3 is 5.97 Å². The van der Waals surface area contributed by atoms with Gasteiger partial charge in [-0.3, -0.25) is 9.59 Å². The SMILES string of the molecule is CCCCN(C)C(=O)c1ccccc1S(=O)(=O)N[C@@H](CC(C)C)C(=O)O. The number of unbranched alkanes of at least 4 members (excludes halogenated alkanes) is 1. The summed E-state index contributed by atoms with van der Waals surface area (Å²) in [6.07, 6.45) is 1.88. The second kappa shape index (κ2) is 9.68. The first-order valence-electron chi connectivity index (χ1n) is 8.69. The van der Waals surface area contributed by atoms with Crippen molar-refractivity contribution in [3.63, 3.8) is 0 Å². The first-order chi connectivity index (χ1) is 12.1. The summed E-state index contributed by atoms with van der Waals surface area (Å²) in [7, 11) is -2.54. The van der Waals surface area contributed by atoms with Crippen LogP contribution in [-0.4, -0.2) is 49.9 Å². The third-order valence-corrected chi connectivity index (χ3v) is 5.43. The van der Waals surface area contributed by atoms with E-state index in [1.54, 1.807) is 13.1 Å². The number of carboxylic acids is 1. The van der Waals surface area contributed by atoms with Crippen LogP contribution in [0.1, 0.15) is 50.4 Å². The van der Waals surface area contributed by atoms with Crippen LogP contribution in [0.3, 0.4) is 0 Å². The van der Waals surface area contributed by atoms with Crippen molar-refractivity contribution in [2.24, 2.45) is 5.92 Å². The summed E-state index contributed by atoms with van der Waals surface area (Å²) in [6.45, 7) is 6.14. The number of rotatable bonds is 10. The number of carboxylic acid groups (broad SMARTS) is 1. The predicted octanol–water partition coefficient (Wildman–Crippen LogP) is 2.34. The lowest BCUT2D eigenvalue weighted by Crippen LogP contribution is -2.42. The summed E-state index contributed by atoms with van der Waals surface area (Å²) in [5, 5.41) is 9.29. The van der Waals surface area contributed by atoms with Gasteiger partial charge < -0.3 is 10.0 Å². The molecule has 146 valence electrons. The van der Waals surface area contributed by atoms with Crippen LogP contribution in [0.2, 0.25) is 0 Å².